The van der Waals surface area contributed by atoms with E-state index in [9.17, 15) is 4.79 Å². The van der Waals surface area contributed by atoms with E-state index in [1.54, 1.807) is 24.3 Å². The van der Waals surface area contributed by atoms with E-state index in [4.69, 9.17) is 16.4 Å². The lowest BCUT2D eigenvalue weighted by molar-refractivity contribution is -0.880. The van der Waals surface area contributed by atoms with Gasteiger partial charge in [-0.3, -0.25) is 0 Å². The zero-order chi connectivity index (χ0) is 13.0. The molecule has 1 aromatic rings. The van der Waals surface area contributed by atoms with Gasteiger partial charge in [0.05, 0.1) is 31.4 Å². The van der Waals surface area contributed by atoms with Crippen molar-refractivity contribution in [3.63, 3.8) is 0 Å². The zero-order valence-electron chi connectivity index (χ0n) is 10.7. The van der Waals surface area contributed by atoms with Crippen LogP contribution in [0.5, 0.6) is 0 Å². The lowest BCUT2D eigenvalue weighted by Gasteiger charge is -2.19. The average molecular weight is 303 g/mol. The summed E-state index contributed by atoms with van der Waals surface area (Å²) in [5.41, 5.74) is 1.42. The molecule has 0 saturated carbocycles. The first-order valence-electron chi connectivity index (χ1n) is 5.99. The smallest absolute Gasteiger partial charge is 0.365 e. The molecule has 0 atom stereocenters. The topological polar surface area (TPSA) is 43.1 Å². The Kier molecular flexibility index (Phi) is 6.28. The van der Waals surface area contributed by atoms with Crippen molar-refractivity contribution in [3.8, 4) is 0 Å². The van der Waals surface area contributed by atoms with Crippen molar-refractivity contribution in [1.29, 1.82) is 0 Å². The molecule has 1 aromatic carbocycles. The molecule has 4 nitrogen and oxygen atoms in total. The molecule has 0 spiro atoms. The van der Waals surface area contributed by atoms with Crippen LogP contribution < -0.4 is 17.3 Å². The number of hydrogen-bond donors (Lipinski definition) is 1. The molecule has 1 aliphatic heterocycles. The average Bonchev–Trinajstić information content (AvgIpc) is 2.38. The fourth-order valence-electron chi connectivity index (χ4n) is 1.80. The highest BCUT2D eigenvalue weighted by Crippen LogP contribution is 2.10. The lowest BCUT2D eigenvalue weighted by Crippen LogP contribution is -3.10. The van der Waals surface area contributed by atoms with Gasteiger partial charge in [0.2, 0.25) is 0 Å². The molecule has 1 heterocycles. The fourth-order valence-corrected chi connectivity index (χ4v) is 1.93. The van der Waals surface area contributed by atoms with Crippen LogP contribution in [0, 0.1) is 0 Å². The van der Waals surface area contributed by atoms with Gasteiger partial charge in [0.15, 0.2) is 0 Å². The van der Waals surface area contributed by atoms with Crippen molar-refractivity contribution < 1.29 is 26.9 Å². The molecule has 1 aliphatic rings. The number of likely N-dealkylation sites (tertiary alicyclic amines) is 1. The van der Waals surface area contributed by atoms with Crippen LogP contribution in [0.3, 0.4) is 0 Å². The summed E-state index contributed by atoms with van der Waals surface area (Å²) in [6.45, 7) is 2.08. The van der Waals surface area contributed by atoms with Crippen LogP contribution in [0.25, 0.3) is 0 Å². The summed E-state index contributed by atoms with van der Waals surface area (Å²) in [6.07, 6.45) is 1.78. The van der Waals surface area contributed by atoms with Crippen molar-refractivity contribution in [2.45, 2.75) is 12.8 Å². The van der Waals surface area contributed by atoms with Crippen LogP contribution in [-0.2, 0) is 4.84 Å². The third-order valence-electron chi connectivity index (χ3n) is 3.02. The Balaban J connectivity index is 0.00000180. The Bertz CT molecular complexity index is 450. The summed E-state index contributed by atoms with van der Waals surface area (Å²) in [5.74, 6) is -0.439. The second-order valence-electron chi connectivity index (χ2n) is 4.50. The molecule has 0 unspecified atom stereocenters. The molecule has 0 aromatic heterocycles. The monoisotopic (exact) mass is 302 g/mol. The third kappa shape index (κ3) is 4.82. The minimum absolute atomic E-state index is 0. The fraction of sp³-hybridized carbons (Fsp3) is 0.385. The summed E-state index contributed by atoms with van der Waals surface area (Å²) in [7, 11) is 2.15. The molecule has 2 rings (SSSR count). The van der Waals surface area contributed by atoms with Crippen LogP contribution in [0.15, 0.2) is 29.4 Å². The molecular weight excluding hydrogens is 287 g/mol. The molecule has 19 heavy (non-hydrogen) atoms. The van der Waals surface area contributed by atoms with E-state index in [1.165, 1.54) is 4.90 Å². The SMILES string of the molecule is C[NH+]1CCC(=NOC(=O)c2ccc(Cl)cc2)CC1.[Cl-]. The summed E-state index contributed by atoms with van der Waals surface area (Å²) < 4.78 is 0. The van der Waals surface area contributed by atoms with Crippen LogP contribution >= 0.6 is 11.6 Å². The van der Waals surface area contributed by atoms with Crippen molar-refractivity contribution >= 4 is 23.3 Å². The Morgan fingerprint density at radius 1 is 1.26 bits per heavy atom. The molecule has 0 radical (unpaired) electrons. The molecule has 6 heteroatoms. The Hall–Kier alpha value is -1.10. The van der Waals surface area contributed by atoms with Gasteiger partial charge in [-0.05, 0) is 24.3 Å². The second-order valence-corrected chi connectivity index (χ2v) is 4.94. The third-order valence-corrected chi connectivity index (χ3v) is 3.27. The van der Waals surface area contributed by atoms with Crippen molar-refractivity contribution in [2.24, 2.45) is 5.16 Å². The highest BCUT2D eigenvalue weighted by atomic mass is 35.5. The van der Waals surface area contributed by atoms with E-state index >= 15 is 0 Å². The maximum Gasteiger partial charge on any atom is 0.365 e. The molecule has 0 aliphatic carbocycles. The van der Waals surface area contributed by atoms with Crippen LogP contribution in [-0.4, -0.2) is 31.8 Å². The van der Waals surface area contributed by atoms with Gasteiger partial charge >= 0.3 is 5.97 Å². The first-order chi connectivity index (χ1) is 8.65. The highest BCUT2D eigenvalue weighted by Gasteiger charge is 2.15. The molecule has 0 amide bonds. The van der Waals surface area contributed by atoms with E-state index in [0.717, 1.165) is 31.6 Å². The minimum Gasteiger partial charge on any atom is -1.00 e. The number of oxime groups is 1. The number of carbonyl (C=O) groups excluding carboxylic acids is 1. The number of nitrogens with one attached hydrogen (secondary N) is 1. The van der Waals surface area contributed by atoms with Crippen LogP contribution in [0.2, 0.25) is 5.02 Å². The first kappa shape index (κ1) is 16.0. The Labute approximate surface area is 123 Å². The van der Waals surface area contributed by atoms with Gasteiger partial charge < -0.3 is 22.1 Å². The predicted octanol–water partition coefficient (Wildman–Crippen LogP) is -1.83. The van der Waals surface area contributed by atoms with Gasteiger partial charge in [-0.2, -0.15) is 0 Å². The lowest BCUT2D eigenvalue weighted by atomic mass is 10.1. The summed E-state index contributed by atoms with van der Waals surface area (Å²) in [4.78, 5) is 18.1. The summed E-state index contributed by atoms with van der Waals surface area (Å²) in [6, 6.07) is 6.57. The zero-order valence-corrected chi connectivity index (χ0v) is 12.2. The molecule has 104 valence electrons. The van der Waals surface area contributed by atoms with Gasteiger partial charge in [-0.25, -0.2) is 4.79 Å². The predicted molar refractivity (Wildman–Crippen MR) is 70.2 cm³/mol. The molecule has 1 saturated heterocycles. The minimum atomic E-state index is -0.439. The molecule has 1 fully saturated rings. The van der Waals surface area contributed by atoms with Crippen LogP contribution in [0.1, 0.15) is 23.2 Å². The van der Waals surface area contributed by atoms with Gasteiger partial charge in [-0.1, -0.05) is 16.8 Å². The van der Waals surface area contributed by atoms with Gasteiger partial charge in [0.25, 0.3) is 0 Å². The number of quaternary nitrogens is 1. The number of hydrogen-bond acceptors (Lipinski definition) is 3. The van der Waals surface area contributed by atoms with Crippen LogP contribution in [0.4, 0.5) is 0 Å². The standard InChI is InChI=1S/C13H15ClN2O2.ClH/c1-16-8-6-12(7-9-16)15-18-13(17)10-2-4-11(14)5-3-10;/h2-5H,6-9H2,1H3;1H. The Morgan fingerprint density at radius 3 is 2.42 bits per heavy atom. The quantitative estimate of drug-likeness (QED) is 0.516. The number of nitrogens with zero attached hydrogens (tertiary/aromatic N) is 1. The van der Waals surface area contributed by atoms with Crippen molar-refractivity contribution in [1.82, 2.24) is 0 Å². The highest BCUT2D eigenvalue weighted by molar-refractivity contribution is 6.30. The van der Waals surface area contributed by atoms with E-state index in [-0.39, 0.29) is 12.4 Å². The number of benzene rings is 1. The largest absolute Gasteiger partial charge is 1.00 e. The first-order valence-corrected chi connectivity index (χ1v) is 6.37. The Morgan fingerprint density at radius 2 is 1.84 bits per heavy atom. The van der Waals surface area contributed by atoms with E-state index in [0.29, 0.717) is 10.6 Å². The number of piperidine rings is 1. The normalized spacial score (nSPS) is 18.4. The van der Waals surface area contributed by atoms with Gasteiger partial charge in [0.1, 0.15) is 0 Å². The van der Waals surface area contributed by atoms with E-state index in [2.05, 4.69) is 12.2 Å². The van der Waals surface area contributed by atoms with E-state index in [1.807, 2.05) is 0 Å². The number of rotatable bonds is 2. The van der Waals surface area contributed by atoms with Gasteiger partial charge in [0, 0.05) is 17.9 Å². The van der Waals surface area contributed by atoms with Gasteiger partial charge in [-0.15, -0.1) is 0 Å². The number of halogens is 2. The van der Waals surface area contributed by atoms with E-state index < -0.39 is 5.97 Å². The molecule has 0 bridgehead atoms. The maximum absolute atomic E-state index is 11.7. The molecule has 1 N–H and O–H groups in total. The molecular formula is C13H16Cl2N2O2. The summed E-state index contributed by atoms with van der Waals surface area (Å²) in [5, 5.41) is 4.53. The van der Waals surface area contributed by atoms with Crippen molar-refractivity contribution in [2.75, 3.05) is 20.1 Å². The summed E-state index contributed by atoms with van der Waals surface area (Å²) >= 11 is 5.75. The number of carbonyl (C=O) groups is 1. The van der Waals surface area contributed by atoms with Crippen molar-refractivity contribution in [3.05, 3.63) is 34.9 Å². The maximum atomic E-state index is 11.7. The second kappa shape index (κ2) is 7.48.